The van der Waals surface area contributed by atoms with Crippen molar-refractivity contribution < 1.29 is 19.4 Å². The first-order chi connectivity index (χ1) is 8.69. The van der Waals surface area contributed by atoms with Crippen molar-refractivity contribution in [2.24, 2.45) is 5.41 Å². The highest BCUT2D eigenvalue weighted by atomic mass is 16.5. The van der Waals surface area contributed by atoms with Gasteiger partial charge in [-0.1, -0.05) is 13.8 Å². The number of Topliss-reactive ketones (excluding diaryl/α,β-unsaturated/α-hetero) is 1. The number of ether oxygens (including phenoxy) is 1. The van der Waals surface area contributed by atoms with Gasteiger partial charge in [0.25, 0.3) is 0 Å². The maximum atomic E-state index is 12.5. The van der Waals surface area contributed by atoms with Crippen molar-refractivity contribution in [1.29, 1.82) is 0 Å². The number of carboxylic acid groups (broad SMARTS) is 1. The molecule has 104 valence electrons. The minimum Gasteiger partial charge on any atom is -0.496 e. The van der Waals surface area contributed by atoms with Crippen molar-refractivity contribution >= 4 is 11.8 Å². The molecule has 0 fully saturated rings. The van der Waals surface area contributed by atoms with Crippen LogP contribution in [0, 0.1) is 19.3 Å². The summed E-state index contributed by atoms with van der Waals surface area (Å²) in [7, 11) is 1.58. The quantitative estimate of drug-likeness (QED) is 0.830. The molecule has 0 aliphatic carbocycles. The van der Waals surface area contributed by atoms with Crippen LogP contribution in [0.5, 0.6) is 5.75 Å². The Bertz CT molecular complexity index is 515. The van der Waals surface area contributed by atoms with Crippen molar-refractivity contribution in [2.75, 3.05) is 7.11 Å². The molecule has 0 aromatic heterocycles. The fourth-order valence-corrected chi connectivity index (χ4v) is 2.08. The van der Waals surface area contributed by atoms with Gasteiger partial charge in [-0.15, -0.1) is 0 Å². The average molecular weight is 264 g/mol. The van der Waals surface area contributed by atoms with Gasteiger partial charge >= 0.3 is 5.97 Å². The molecule has 0 atom stereocenters. The van der Waals surface area contributed by atoms with E-state index in [1.807, 2.05) is 13.8 Å². The van der Waals surface area contributed by atoms with Gasteiger partial charge in [0.05, 0.1) is 13.5 Å². The Morgan fingerprint density at radius 2 is 1.79 bits per heavy atom. The fourth-order valence-electron chi connectivity index (χ4n) is 2.08. The van der Waals surface area contributed by atoms with E-state index in [1.165, 1.54) is 0 Å². The zero-order valence-corrected chi connectivity index (χ0v) is 12.0. The van der Waals surface area contributed by atoms with E-state index in [0.29, 0.717) is 5.56 Å². The molecule has 1 aromatic carbocycles. The van der Waals surface area contributed by atoms with Crippen LogP contribution in [0.1, 0.15) is 41.8 Å². The minimum absolute atomic E-state index is 0.154. The highest BCUT2D eigenvalue weighted by Crippen LogP contribution is 2.30. The van der Waals surface area contributed by atoms with Crippen LogP contribution in [0.4, 0.5) is 0 Å². The number of carboxylic acids is 1. The van der Waals surface area contributed by atoms with Crippen molar-refractivity contribution in [3.05, 3.63) is 28.8 Å². The molecule has 4 heteroatoms. The first-order valence-corrected chi connectivity index (χ1v) is 6.11. The molecule has 0 radical (unpaired) electrons. The second kappa shape index (κ2) is 5.43. The molecule has 19 heavy (non-hydrogen) atoms. The number of hydrogen-bond donors (Lipinski definition) is 1. The number of aliphatic carboxylic acids is 1. The van der Waals surface area contributed by atoms with E-state index in [4.69, 9.17) is 9.84 Å². The molecule has 0 unspecified atom stereocenters. The van der Waals surface area contributed by atoms with Gasteiger partial charge < -0.3 is 9.84 Å². The molecule has 0 bridgehead atoms. The van der Waals surface area contributed by atoms with E-state index in [1.54, 1.807) is 33.1 Å². The SMILES string of the molecule is COc1cc(C)c(C(=O)C(C)(C)CC(=O)O)cc1C. The Morgan fingerprint density at radius 3 is 2.26 bits per heavy atom. The lowest BCUT2D eigenvalue weighted by Crippen LogP contribution is -2.28. The standard InChI is InChI=1S/C15H20O4/c1-9-7-12(19-5)10(2)6-11(9)14(18)15(3,4)8-13(16)17/h6-7H,8H2,1-5H3,(H,16,17). The predicted octanol–water partition coefficient (Wildman–Crippen LogP) is 3.00. The molecule has 0 heterocycles. The van der Waals surface area contributed by atoms with Gasteiger partial charge in [0.2, 0.25) is 0 Å². The summed E-state index contributed by atoms with van der Waals surface area (Å²) in [6.07, 6.45) is -0.184. The number of carbonyl (C=O) groups excluding carboxylic acids is 1. The predicted molar refractivity (Wildman–Crippen MR) is 72.8 cm³/mol. The van der Waals surface area contributed by atoms with Crippen molar-refractivity contribution in [2.45, 2.75) is 34.1 Å². The van der Waals surface area contributed by atoms with Crippen molar-refractivity contribution in [3.63, 3.8) is 0 Å². The zero-order valence-electron chi connectivity index (χ0n) is 12.0. The molecule has 4 nitrogen and oxygen atoms in total. The normalized spacial score (nSPS) is 11.2. The summed E-state index contributed by atoms with van der Waals surface area (Å²) in [6.45, 7) is 7.00. The highest BCUT2D eigenvalue weighted by Gasteiger charge is 2.32. The lowest BCUT2D eigenvalue weighted by molar-refractivity contribution is -0.138. The van der Waals surface area contributed by atoms with Crippen LogP contribution < -0.4 is 4.74 Å². The third kappa shape index (κ3) is 3.34. The summed E-state index contributed by atoms with van der Waals surface area (Å²) < 4.78 is 5.21. The summed E-state index contributed by atoms with van der Waals surface area (Å²) in [4.78, 5) is 23.3. The molecule has 0 aliphatic rings. The molecule has 0 aliphatic heterocycles. The first-order valence-electron chi connectivity index (χ1n) is 6.11. The van der Waals surface area contributed by atoms with Crippen LogP contribution in [0.3, 0.4) is 0 Å². The van der Waals surface area contributed by atoms with Gasteiger partial charge in [0, 0.05) is 11.0 Å². The highest BCUT2D eigenvalue weighted by molar-refractivity contribution is 6.03. The van der Waals surface area contributed by atoms with E-state index >= 15 is 0 Å². The van der Waals surface area contributed by atoms with Gasteiger partial charge in [-0.05, 0) is 37.1 Å². The van der Waals surface area contributed by atoms with Crippen LogP contribution in [0.15, 0.2) is 12.1 Å². The summed E-state index contributed by atoms with van der Waals surface area (Å²) in [5.74, 6) is -0.399. The number of hydrogen-bond acceptors (Lipinski definition) is 3. The van der Waals surface area contributed by atoms with E-state index in [9.17, 15) is 9.59 Å². The number of aryl methyl sites for hydroxylation is 2. The molecule has 1 rings (SSSR count). The third-order valence-corrected chi connectivity index (χ3v) is 3.19. The van der Waals surface area contributed by atoms with Gasteiger partial charge in [-0.3, -0.25) is 9.59 Å². The molecule has 0 saturated carbocycles. The second-order valence-electron chi connectivity index (χ2n) is 5.42. The molecule has 0 spiro atoms. The lowest BCUT2D eigenvalue weighted by Gasteiger charge is -2.22. The van der Waals surface area contributed by atoms with Crippen LogP contribution in [-0.4, -0.2) is 24.0 Å². The average Bonchev–Trinajstić information content (AvgIpc) is 2.29. The lowest BCUT2D eigenvalue weighted by atomic mass is 9.80. The number of carbonyl (C=O) groups is 2. The zero-order chi connectivity index (χ0) is 14.8. The summed E-state index contributed by atoms with van der Waals surface area (Å²) in [6, 6.07) is 3.57. The Hall–Kier alpha value is -1.84. The molecular formula is C15H20O4. The van der Waals surface area contributed by atoms with Crippen LogP contribution in [-0.2, 0) is 4.79 Å². The van der Waals surface area contributed by atoms with E-state index in [2.05, 4.69) is 0 Å². The molecule has 0 amide bonds. The van der Waals surface area contributed by atoms with Crippen molar-refractivity contribution in [1.82, 2.24) is 0 Å². The van der Waals surface area contributed by atoms with Crippen molar-refractivity contribution in [3.8, 4) is 5.75 Å². The largest absolute Gasteiger partial charge is 0.496 e. The molecular weight excluding hydrogens is 244 g/mol. The number of methoxy groups -OCH3 is 1. The summed E-state index contributed by atoms with van der Waals surface area (Å²) >= 11 is 0. The second-order valence-corrected chi connectivity index (χ2v) is 5.42. The van der Waals surface area contributed by atoms with Gasteiger partial charge in [-0.2, -0.15) is 0 Å². The topological polar surface area (TPSA) is 63.6 Å². The first kappa shape index (κ1) is 15.2. The number of ketones is 1. The Kier molecular flexibility index (Phi) is 4.35. The summed E-state index contributed by atoms with van der Waals surface area (Å²) in [5.41, 5.74) is 1.30. The van der Waals surface area contributed by atoms with Gasteiger partial charge in [0.1, 0.15) is 5.75 Å². The van der Waals surface area contributed by atoms with Crippen LogP contribution in [0.2, 0.25) is 0 Å². The summed E-state index contributed by atoms with van der Waals surface area (Å²) in [5, 5.41) is 8.88. The van der Waals surface area contributed by atoms with Crippen LogP contribution >= 0.6 is 0 Å². The Labute approximate surface area is 113 Å². The molecule has 1 N–H and O–H groups in total. The molecule has 0 saturated heterocycles. The van der Waals surface area contributed by atoms with E-state index < -0.39 is 11.4 Å². The number of benzene rings is 1. The smallest absolute Gasteiger partial charge is 0.304 e. The monoisotopic (exact) mass is 264 g/mol. The maximum Gasteiger partial charge on any atom is 0.304 e. The maximum absolute atomic E-state index is 12.5. The van der Waals surface area contributed by atoms with E-state index in [0.717, 1.165) is 16.9 Å². The number of rotatable bonds is 5. The van der Waals surface area contributed by atoms with Gasteiger partial charge in [0.15, 0.2) is 5.78 Å². The van der Waals surface area contributed by atoms with E-state index in [-0.39, 0.29) is 12.2 Å². The molecule has 1 aromatic rings. The minimum atomic E-state index is -0.971. The van der Waals surface area contributed by atoms with Gasteiger partial charge in [-0.25, -0.2) is 0 Å². The Balaban J connectivity index is 3.20. The third-order valence-electron chi connectivity index (χ3n) is 3.19. The fraction of sp³-hybridized carbons (Fsp3) is 0.467. The van der Waals surface area contributed by atoms with Crippen LogP contribution in [0.25, 0.3) is 0 Å². The Morgan fingerprint density at radius 1 is 1.21 bits per heavy atom.